The summed E-state index contributed by atoms with van der Waals surface area (Å²) >= 11 is 1.26. The van der Waals surface area contributed by atoms with E-state index in [9.17, 15) is 9.59 Å². The standard InChI is InChI=1S/C22H22N2O5S/c1-4-28-18-11-15(9-10-17(18)29-14(3)21(26)27)12-19-20(25)24-22(30-19)23-16-8-6-5-7-13(16)2/h5-12,14H,4H2,1-3H3,(H,26,27)(H,23,24,25)/b19-12+. The monoisotopic (exact) mass is 426 g/mol. The van der Waals surface area contributed by atoms with Crippen molar-refractivity contribution in [3.63, 3.8) is 0 Å². The van der Waals surface area contributed by atoms with Crippen LogP contribution in [-0.2, 0) is 9.59 Å². The molecule has 1 atom stereocenters. The van der Waals surface area contributed by atoms with Gasteiger partial charge < -0.3 is 19.9 Å². The van der Waals surface area contributed by atoms with E-state index in [4.69, 9.17) is 14.6 Å². The van der Waals surface area contributed by atoms with Crippen molar-refractivity contribution in [2.75, 3.05) is 6.61 Å². The van der Waals surface area contributed by atoms with Crippen LogP contribution in [0.3, 0.4) is 0 Å². The van der Waals surface area contributed by atoms with Crippen LogP contribution in [-0.4, -0.2) is 34.9 Å². The number of ether oxygens (including phenoxy) is 2. The molecule has 30 heavy (non-hydrogen) atoms. The van der Waals surface area contributed by atoms with Crippen LogP contribution in [0.5, 0.6) is 11.5 Å². The third-order valence-corrected chi connectivity index (χ3v) is 5.12. The molecule has 1 heterocycles. The molecule has 0 saturated carbocycles. The van der Waals surface area contributed by atoms with Gasteiger partial charge in [-0.25, -0.2) is 9.79 Å². The zero-order chi connectivity index (χ0) is 21.7. The maximum atomic E-state index is 12.4. The van der Waals surface area contributed by atoms with Gasteiger partial charge in [0.05, 0.1) is 17.2 Å². The first-order chi connectivity index (χ1) is 14.4. The van der Waals surface area contributed by atoms with Crippen LogP contribution >= 0.6 is 11.8 Å². The summed E-state index contributed by atoms with van der Waals surface area (Å²) in [5, 5.41) is 12.3. The fourth-order valence-corrected chi connectivity index (χ4v) is 3.49. The van der Waals surface area contributed by atoms with E-state index < -0.39 is 12.1 Å². The number of nitrogens with zero attached hydrogens (tertiary/aromatic N) is 1. The van der Waals surface area contributed by atoms with Gasteiger partial charge in [0.15, 0.2) is 22.8 Å². The summed E-state index contributed by atoms with van der Waals surface area (Å²) in [6, 6.07) is 12.8. The maximum Gasteiger partial charge on any atom is 0.344 e. The largest absolute Gasteiger partial charge is 0.490 e. The highest BCUT2D eigenvalue weighted by atomic mass is 32.2. The van der Waals surface area contributed by atoms with Gasteiger partial charge in [-0.1, -0.05) is 24.3 Å². The minimum atomic E-state index is -1.07. The zero-order valence-corrected chi connectivity index (χ0v) is 17.7. The van der Waals surface area contributed by atoms with Gasteiger partial charge in [0, 0.05) is 0 Å². The third kappa shape index (κ3) is 5.21. The molecular weight excluding hydrogens is 404 g/mol. The fourth-order valence-electron chi connectivity index (χ4n) is 2.65. The van der Waals surface area contributed by atoms with E-state index in [2.05, 4.69) is 10.3 Å². The molecule has 1 unspecified atom stereocenters. The first kappa shape index (κ1) is 21.4. The van der Waals surface area contributed by atoms with E-state index in [1.807, 2.05) is 38.1 Å². The van der Waals surface area contributed by atoms with Crippen molar-refractivity contribution in [3.05, 3.63) is 58.5 Å². The molecule has 1 amide bonds. The number of hydrogen-bond donors (Lipinski definition) is 2. The maximum absolute atomic E-state index is 12.4. The van der Waals surface area contributed by atoms with Crippen molar-refractivity contribution in [3.8, 4) is 11.5 Å². The number of hydrogen-bond acceptors (Lipinski definition) is 6. The molecule has 2 N–H and O–H groups in total. The van der Waals surface area contributed by atoms with Crippen LogP contribution in [0, 0.1) is 6.92 Å². The Morgan fingerprint density at radius 1 is 1.27 bits per heavy atom. The van der Waals surface area contributed by atoms with Gasteiger partial charge in [-0.2, -0.15) is 0 Å². The van der Waals surface area contributed by atoms with Crippen molar-refractivity contribution < 1.29 is 24.2 Å². The molecule has 0 aliphatic carbocycles. The van der Waals surface area contributed by atoms with E-state index in [0.29, 0.717) is 28.2 Å². The average molecular weight is 426 g/mol. The number of carboxylic acid groups (broad SMARTS) is 1. The molecule has 1 fully saturated rings. The van der Waals surface area contributed by atoms with Crippen molar-refractivity contribution >= 4 is 40.6 Å². The Kier molecular flexibility index (Phi) is 6.79. The second-order valence-electron chi connectivity index (χ2n) is 6.51. The SMILES string of the molecule is CCOc1cc(/C=C2/SC(=Nc3ccccc3C)NC2=O)ccc1OC(C)C(=O)O. The quantitative estimate of drug-likeness (QED) is 0.646. The zero-order valence-electron chi connectivity index (χ0n) is 16.8. The van der Waals surface area contributed by atoms with Crippen molar-refractivity contribution in [2.24, 2.45) is 4.99 Å². The van der Waals surface area contributed by atoms with Crippen LogP contribution in [0.1, 0.15) is 25.0 Å². The highest BCUT2D eigenvalue weighted by molar-refractivity contribution is 8.18. The molecule has 2 aromatic rings. The van der Waals surface area contributed by atoms with E-state index >= 15 is 0 Å². The summed E-state index contributed by atoms with van der Waals surface area (Å²) < 4.78 is 11.0. The number of benzene rings is 2. The summed E-state index contributed by atoms with van der Waals surface area (Å²) in [7, 11) is 0. The number of amides is 1. The average Bonchev–Trinajstić information content (AvgIpc) is 3.04. The number of carboxylic acids is 1. The predicted octanol–water partition coefficient (Wildman–Crippen LogP) is 4.14. The van der Waals surface area contributed by atoms with Gasteiger partial charge in [-0.05, 0) is 67.9 Å². The number of thioether (sulfide) groups is 1. The molecule has 1 aliphatic rings. The van der Waals surface area contributed by atoms with E-state index in [1.54, 1.807) is 24.3 Å². The minimum Gasteiger partial charge on any atom is -0.490 e. The van der Waals surface area contributed by atoms with Gasteiger partial charge in [-0.15, -0.1) is 0 Å². The van der Waals surface area contributed by atoms with E-state index in [0.717, 1.165) is 16.8 Å². The number of para-hydroxylation sites is 1. The fraction of sp³-hybridized carbons (Fsp3) is 0.227. The highest BCUT2D eigenvalue weighted by Crippen LogP contribution is 2.33. The van der Waals surface area contributed by atoms with E-state index in [1.165, 1.54) is 18.7 Å². The Labute approximate surface area is 178 Å². The number of carbonyl (C=O) groups excluding carboxylic acids is 1. The van der Waals surface area contributed by atoms with Crippen LogP contribution in [0.25, 0.3) is 6.08 Å². The number of amidine groups is 1. The number of aliphatic carboxylic acids is 1. The van der Waals surface area contributed by atoms with Crippen molar-refractivity contribution in [2.45, 2.75) is 26.9 Å². The van der Waals surface area contributed by atoms with Gasteiger partial charge in [0.1, 0.15) is 0 Å². The summed E-state index contributed by atoms with van der Waals surface area (Å²) in [5.74, 6) is -0.551. The highest BCUT2D eigenvalue weighted by Gasteiger charge is 2.24. The third-order valence-electron chi connectivity index (χ3n) is 4.21. The Balaban J connectivity index is 1.83. The lowest BCUT2D eigenvalue weighted by Crippen LogP contribution is -2.23. The molecule has 156 valence electrons. The molecule has 7 nitrogen and oxygen atoms in total. The molecular formula is C22H22N2O5S. The topological polar surface area (TPSA) is 97.2 Å². The van der Waals surface area contributed by atoms with Crippen LogP contribution in [0.15, 0.2) is 52.4 Å². The van der Waals surface area contributed by atoms with Crippen LogP contribution in [0.2, 0.25) is 0 Å². The first-order valence-corrected chi connectivity index (χ1v) is 10.2. The second-order valence-corrected chi connectivity index (χ2v) is 7.54. The Hall–Kier alpha value is -3.26. The molecule has 0 aromatic heterocycles. The summed E-state index contributed by atoms with van der Waals surface area (Å²) in [5.41, 5.74) is 2.54. The van der Waals surface area contributed by atoms with Crippen LogP contribution < -0.4 is 14.8 Å². The lowest BCUT2D eigenvalue weighted by atomic mass is 10.2. The van der Waals surface area contributed by atoms with Gasteiger partial charge in [0.2, 0.25) is 0 Å². The van der Waals surface area contributed by atoms with E-state index in [-0.39, 0.29) is 5.91 Å². The molecule has 0 bridgehead atoms. The first-order valence-electron chi connectivity index (χ1n) is 9.39. The Morgan fingerprint density at radius 2 is 2.03 bits per heavy atom. The van der Waals surface area contributed by atoms with Crippen molar-refractivity contribution in [1.29, 1.82) is 0 Å². The molecule has 0 radical (unpaired) electrons. The lowest BCUT2D eigenvalue weighted by molar-refractivity contribution is -0.144. The normalized spacial score (nSPS) is 17.1. The number of nitrogens with one attached hydrogen (secondary N) is 1. The number of rotatable bonds is 7. The molecule has 8 heteroatoms. The van der Waals surface area contributed by atoms with Gasteiger partial charge in [0.25, 0.3) is 5.91 Å². The number of aryl methyl sites for hydroxylation is 1. The summed E-state index contributed by atoms with van der Waals surface area (Å²) in [6.07, 6.45) is 0.720. The van der Waals surface area contributed by atoms with Gasteiger partial charge in [-0.3, -0.25) is 4.79 Å². The Bertz CT molecular complexity index is 1030. The van der Waals surface area contributed by atoms with Crippen molar-refractivity contribution in [1.82, 2.24) is 5.32 Å². The van der Waals surface area contributed by atoms with Gasteiger partial charge >= 0.3 is 5.97 Å². The Morgan fingerprint density at radius 3 is 2.73 bits per heavy atom. The lowest BCUT2D eigenvalue weighted by Gasteiger charge is -2.15. The predicted molar refractivity (Wildman–Crippen MR) is 117 cm³/mol. The molecule has 3 rings (SSSR count). The molecule has 2 aromatic carbocycles. The summed E-state index contributed by atoms with van der Waals surface area (Å²) in [4.78, 5) is 28.4. The smallest absolute Gasteiger partial charge is 0.344 e. The second kappa shape index (κ2) is 9.49. The number of carbonyl (C=O) groups is 2. The molecule has 0 spiro atoms. The molecule has 1 saturated heterocycles. The molecule has 1 aliphatic heterocycles. The van der Waals surface area contributed by atoms with Crippen LogP contribution in [0.4, 0.5) is 5.69 Å². The number of aliphatic imine (C=N–C) groups is 1. The minimum absolute atomic E-state index is 0.231. The summed E-state index contributed by atoms with van der Waals surface area (Å²) in [6.45, 7) is 5.62.